The number of carbonyl (C=O) groups excluding carboxylic acids is 1. The van der Waals surface area contributed by atoms with E-state index in [9.17, 15) is 9.59 Å². The summed E-state index contributed by atoms with van der Waals surface area (Å²) in [7, 11) is 0. The highest BCUT2D eigenvalue weighted by molar-refractivity contribution is 5.81. The second-order valence-electron chi connectivity index (χ2n) is 2.39. The third-order valence-corrected chi connectivity index (χ3v) is 1.04. The lowest BCUT2D eigenvalue weighted by molar-refractivity contribution is -0.221. The van der Waals surface area contributed by atoms with E-state index in [1.165, 1.54) is 0 Å². The minimum Gasteiger partial charge on any atom is -0.476 e. The summed E-state index contributed by atoms with van der Waals surface area (Å²) >= 11 is 0. The van der Waals surface area contributed by atoms with Gasteiger partial charge in [-0.25, -0.2) is 9.59 Å². The molecule has 2 atom stereocenters. The molecular weight excluding hydrogens is 168 g/mol. The third-order valence-electron chi connectivity index (χ3n) is 1.04. The first-order valence-corrected chi connectivity index (χ1v) is 3.14. The van der Waals surface area contributed by atoms with E-state index in [0.717, 1.165) is 13.8 Å². The first-order valence-electron chi connectivity index (χ1n) is 3.14. The Morgan fingerprint density at radius 2 is 1.92 bits per heavy atom. The number of ether oxygens (including phenoxy) is 1. The predicted octanol–water partition coefficient (Wildman–Crippen LogP) is -1.30. The van der Waals surface area contributed by atoms with E-state index in [1.54, 1.807) is 0 Å². The van der Waals surface area contributed by atoms with E-state index in [0.29, 0.717) is 0 Å². The number of carboxylic acid groups (broad SMARTS) is 1. The first-order chi connectivity index (χ1) is 5.27. The van der Waals surface area contributed by atoms with Gasteiger partial charge in [0.25, 0.3) is 0 Å². The lowest BCUT2D eigenvalue weighted by atomic mass is 10.3. The summed E-state index contributed by atoms with van der Waals surface area (Å²) in [5.74, 6) is -5.48. The Bertz CT molecular complexity index is 194. The lowest BCUT2D eigenvalue weighted by Crippen LogP contribution is -2.42. The van der Waals surface area contributed by atoms with Gasteiger partial charge in [0.05, 0.1) is 0 Å². The van der Waals surface area contributed by atoms with Crippen LogP contribution in [-0.4, -0.2) is 39.1 Å². The van der Waals surface area contributed by atoms with Gasteiger partial charge in [-0.2, -0.15) is 0 Å². The number of aliphatic carboxylic acids is 1. The molecular formula is C6H10O6. The number of aliphatic hydroxyl groups is 2. The number of hydrogen-bond acceptors (Lipinski definition) is 5. The highest BCUT2D eigenvalue weighted by Crippen LogP contribution is 2.06. The quantitative estimate of drug-likeness (QED) is 0.366. The number of esters is 1. The summed E-state index contributed by atoms with van der Waals surface area (Å²) in [6, 6.07) is 0. The van der Waals surface area contributed by atoms with Gasteiger partial charge in [0.15, 0.2) is 0 Å². The summed E-state index contributed by atoms with van der Waals surface area (Å²) in [6.45, 7) is 1.88. The van der Waals surface area contributed by atoms with Crippen LogP contribution in [0.2, 0.25) is 0 Å². The molecule has 0 aromatic carbocycles. The van der Waals surface area contributed by atoms with Gasteiger partial charge in [0.2, 0.25) is 0 Å². The van der Waals surface area contributed by atoms with E-state index >= 15 is 0 Å². The molecule has 0 saturated carbocycles. The number of aliphatic hydroxyl groups excluding tert-OH is 1. The van der Waals surface area contributed by atoms with Gasteiger partial charge in [-0.05, 0) is 6.92 Å². The van der Waals surface area contributed by atoms with Gasteiger partial charge < -0.3 is 20.1 Å². The molecule has 0 bridgehead atoms. The van der Waals surface area contributed by atoms with Crippen LogP contribution in [0.4, 0.5) is 0 Å². The minimum absolute atomic E-state index is 0.787. The maximum atomic E-state index is 10.6. The van der Waals surface area contributed by atoms with E-state index < -0.39 is 23.8 Å². The fourth-order valence-electron chi connectivity index (χ4n) is 0.325. The van der Waals surface area contributed by atoms with Crippen molar-refractivity contribution in [3.05, 3.63) is 0 Å². The van der Waals surface area contributed by atoms with Crippen molar-refractivity contribution in [2.75, 3.05) is 0 Å². The molecule has 0 aliphatic heterocycles. The summed E-state index contributed by atoms with van der Waals surface area (Å²) in [6.07, 6.45) is -1.46. The molecule has 0 aliphatic rings. The summed E-state index contributed by atoms with van der Waals surface area (Å²) in [4.78, 5) is 20.7. The molecule has 0 aromatic rings. The molecule has 2 unspecified atom stereocenters. The average Bonchev–Trinajstić information content (AvgIpc) is 1.85. The van der Waals surface area contributed by atoms with Crippen molar-refractivity contribution in [1.82, 2.24) is 0 Å². The van der Waals surface area contributed by atoms with Gasteiger partial charge >= 0.3 is 17.7 Å². The highest BCUT2D eigenvalue weighted by atomic mass is 16.7. The molecule has 6 nitrogen and oxygen atoms in total. The summed E-state index contributed by atoms with van der Waals surface area (Å²) in [5.41, 5.74) is 0. The van der Waals surface area contributed by atoms with Crippen LogP contribution in [0, 0.1) is 0 Å². The Kier molecular flexibility index (Phi) is 3.17. The Hall–Kier alpha value is -1.14. The summed E-state index contributed by atoms with van der Waals surface area (Å²) < 4.78 is 4.03. The van der Waals surface area contributed by atoms with E-state index in [2.05, 4.69) is 4.74 Å². The topological polar surface area (TPSA) is 104 Å². The van der Waals surface area contributed by atoms with Crippen LogP contribution in [-0.2, 0) is 14.3 Å². The van der Waals surface area contributed by atoms with Gasteiger partial charge in [0.1, 0.15) is 6.10 Å². The van der Waals surface area contributed by atoms with Crippen LogP contribution in [0.3, 0.4) is 0 Å². The van der Waals surface area contributed by atoms with Crippen LogP contribution in [0.5, 0.6) is 0 Å². The third kappa shape index (κ3) is 2.85. The molecule has 0 radical (unpaired) electrons. The highest BCUT2D eigenvalue weighted by Gasteiger charge is 2.35. The van der Waals surface area contributed by atoms with Crippen LogP contribution < -0.4 is 0 Å². The fraction of sp³-hybridized carbons (Fsp3) is 0.667. The normalized spacial score (nSPS) is 17.7. The molecule has 12 heavy (non-hydrogen) atoms. The molecule has 3 N–H and O–H groups in total. The molecule has 0 fully saturated rings. The standard InChI is InChI=1S/C6H10O6/c1-3(7)4(8)12-6(2,11)5(9)10/h3,7,11H,1-2H3,(H,9,10). The van der Waals surface area contributed by atoms with Gasteiger partial charge in [-0.15, -0.1) is 0 Å². The predicted molar refractivity (Wildman–Crippen MR) is 36.0 cm³/mol. The Morgan fingerprint density at radius 3 is 2.17 bits per heavy atom. The molecule has 0 rings (SSSR count). The second-order valence-corrected chi connectivity index (χ2v) is 2.39. The zero-order chi connectivity index (χ0) is 9.94. The molecule has 0 heterocycles. The van der Waals surface area contributed by atoms with Gasteiger partial charge in [0, 0.05) is 6.92 Å². The number of carboxylic acids is 1. The van der Waals surface area contributed by atoms with Crippen LogP contribution in [0.1, 0.15) is 13.8 Å². The summed E-state index contributed by atoms with van der Waals surface area (Å²) in [5, 5.41) is 25.7. The Labute approximate surface area is 68.4 Å². The average molecular weight is 178 g/mol. The van der Waals surface area contributed by atoms with E-state index in [4.69, 9.17) is 15.3 Å². The maximum absolute atomic E-state index is 10.6. The van der Waals surface area contributed by atoms with Crippen LogP contribution in [0.15, 0.2) is 0 Å². The lowest BCUT2D eigenvalue weighted by Gasteiger charge is -2.18. The zero-order valence-electron chi connectivity index (χ0n) is 6.64. The Balaban J connectivity index is 4.25. The largest absolute Gasteiger partial charge is 0.476 e. The van der Waals surface area contributed by atoms with Crippen molar-refractivity contribution in [2.24, 2.45) is 0 Å². The van der Waals surface area contributed by atoms with Crippen molar-refractivity contribution in [3.63, 3.8) is 0 Å². The maximum Gasteiger partial charge on any atom is 0.376 e. The Morgan fingerprint density at radius 1 is 1.50 bits per heavy atom. The van der Waals surface area contributed by atoms with Crippen molar-refractivity contribution < 1.29 is 29.6 Å². The molecule has 0 spiro atoms. The fourth-order valence-corrected chi connectivity index (χ4v) is 0.325. The number of carbonyl (C=O) groups is 2. The van der Waals surface area contributed by atoms with Crippen molar-refractivity contribution in [3.8, 4) is 0 Å². The molecule has 0 saturated heterocycles. The second kappa shape index (κ2) is 3.51. The van der Waals surface area contributed by atoms with Crippen LogP contribution in [0.25, 0.3) is 0 Å². The van der Waals surface area contributed by atoms with Crippen LogP contribution >= 0.6 is 0 Å². The molecule has 0 amide bonds. The molecule has 6 heteroatoms. The smallest absolute Gasteiger partial charge is 0.376 e. The zero-order valence-corrected chi connectivity index (χ0v) is 6.64. The van der Waals surface area contributed by atoms with E-state index in [1.807, 2.05) is 0 Å². The molecule has 0 aliphatic carbocycles. The van der Waals surface area contributed by atoms with Gasteiger partial charge in [-0.3, -0.25) is 0 Å². The van der Waals surface area contributed by atoms with Crippen molar-refractivity contribution in [2.45, 2.75) is 25.7 Å². The SMILES string of the molecule is CC(O)C(=O)OC(C)(O)C(=O)O. The van der Waals surface area contributed by atoms with Crippen molar-refractivity contribution >= 4 is 11.9 Å². The van der Waals surface area contributed by atoms with Crippen molar-refractivity contribution in [1.29, 1.82) is 0 Å². The van der Waals surface area contributed by atoms with Gasteiger partial charge in [-0.1, -0.05) is 0 Å². The molecule has 0 aromatic heterocycles. The number of rotatable bonds is 3. The van der Waals surface area contributed by atoms with E-state index in [-0.39, 0.29) is 0 Å². The number of hydrogen-bond donors (Lipinski definition) is 3. The first kappa shape index (κ1) is 10.9. The molecule has 70 valence electrons. The monoisotopic (exact) mass is 178 g/mol. The minimum atomic E-state index is -2.59.